The zero-order valence-electron chi connectivity index (χ0n) is 15.7. The fourth-order valence-electron chi connectivity index (χ4n) is 2.94. The maximum atomic E-state index is 12.1. The number of carbonyl (C=O) groups is 2. The molecule has 2 aromatic rings. The van der Waals surface area contributed by atoms with Crippen LogP contribution < -0.4 is 9.88 Å². The van der Waals surface area contributed by atoms with Gasteiger partial charge >= 0.3 is 5.97 Å². The summed E-state index contributed by atoms with van der Waals surface area (Å²) in [6.45, 7) is 1.48. The molecule has 1 heterocycles. The number of benzene rings is 2. The summed E-state index contributed by atoms with van der Waals surface area (Å²) >= 11 is 0. The van der Waals surface area contributed by atoms with Gasteiger partial charge in [-0.15, -0.1) is 0 Å². The normalized spacial score (nSPS) is 14.1. The minimum Gasteiger partial charge on any atom is -0.490 e. The van der Waals surface area contributed by atoms with Crippen LogP contribution in [0.25, 0.3) is 0 Å². The van der Waals surface area contributed by atoms with Gasteiger partial charge in [0.25, 0.3) is 0 Å². The summed E-state index contributed by atoms with van der Waals surface area (Å²) in [5.41, 5.74) is 1.38. The highest BCUT2D eigenvalue weighted by Crippen LogP contribution is 2.16. The summed E-state index contributed by atoms with van der Waals surface area (Å²) in [4.78, 5) is 25.6. The molecule has 1 saturated heterocycles. The van der Waals surface area contributed by atoms with Crippen LogP contribution in [-0.2, 0) is 26.1 Å². The molecule has 0 unspecified atom stereocenters. The Hall–Kier alpha value is -2.91. The Morgan fingerprint density at radius 1 is 1.03 bits per heavy atom. The zero-order valence-corrected chi connectivity index (χ0v) is 16.6. The van der Waals surface area contributed by atoms with Crippen molar-refractivity contribution in [2.75, 3.05) is 19.8 Å². The van der Waals surface area contributed by atoms with E-state index in [1.165, 1.54) is 24.3 Å². The third kappa shape index (κ3) is 5.78. The lowest BCUT2D eigenvalue weighted by molar-refractivity contribution is -0.128. The highest BCUT2D eigenvalue weighted by atomic mass is 32.2. The van der Waals surface area contributed by atoms with Gasteiger partial charge in [0.2, 0.25) is 15.9 Å². The molecule has 1 aliphatic rings. The van der Waals surface area contributed by atoms with Crippen molar-refractivity contribution in [2.45, 2.75) is 24.3 Å². The maximum absolute atomic E-state index is 12.1. The van der Waals surface area contributed by atoms with Gasteiger partial charge in [0.15, 0.2) is 0 Å². The average molecular weight is 418 g/mol. The first-order chi connectivity index (χ1) is 13.8. The van der Waals surface area contributed by atoms with Gasteiger partial charge in [-0.05, 0) is 48.4 Å². The minimum absolute atomic E-state index is 0.00572. The second kappa shape index (κ2) is 9.06. The fourth-order valence-corrected chi connectivity index (χ4v) is 3.46. The summed E-state index contributed by atoms with van der Waals surface area (Å²) in [6.07, 6.45) is 1.49. The van der Waals surface area contributed by atoms with Crippen LogP contribution in [0.4, 0.5) is 0 Å². The largest absolute Gasteiger partial charge is 0.490 e. The zero-order chi connectivity index (χ0) is 20.9. The van der Waals surface area contributed by atoms with E-state index in [1.807, 2.05) is 12.1 Å². The van der Waals surface area contributed by atoms with Crippen molar-refractivity contribution in [1.82, 2.24) is 4.90 Å². The van der Waals surface area contributed by atoms with Crippen LogP contribution in [0.3, 0.4) is 0 Å². The van der Waals surface area contributed by atoms with E-state index in [9.17, 15) is 18.0 Å². The van der Waals surface area contributed by atoms with Gasteiger partial charge in [0.1, 0.15) is 19.0 Å². The molecule has 9 heteroatoms. The van der Waals surface area contributed by atoms with Crippen LogP contribution in [-0.4, -0.2) is 45.0 Å². The molecule has 2 N–H and O–H groups in total. The molecule has 154 valence electrons. The molecule has 0 bridgehead atoms. The molecule has 8 nitrogen and oxygen atoms in total. The van der Waals surface area contributed by atoms with E-state index in [-0.39, 0.29) is 24.0 Å². The number of carbonyl (C=O) groups excluding carboxylic acids is 2. The molecule has 1 fully saturated rings. The topological polar surface area (TPSA) is 116 Å². The van der Waals surface area contributed by atoms with Crippen LogP contribution in [0, 0.1) is 0 Å². The molecule has 0 saturated carbocycles. The standard InChI is InChI=1S/C20H22N2O6S/c21-29(25,26)18-9-7-17(8-10-18)27-12-13-28-20(24)16-5-3-15(4-6-16)14-22-11-1-2-19(22)23/h3-10H,1-2,11-14H2,(H2,21,25,26). The number of rotatable bonds is 8. The van der Waals surface area contributed by atoms with Gasteiger partial charge in [-0.1, -0.05) is 12.1 Å². The Labute approximate surface area is 169 Å². The molecule has 1 aliphatic heterocycles. The summed E-state index contributed by atoms with van der Waals surface area (Å²) in [6, 6.07) is 12.6. The van der Waals surface area contributed by atoms with Gasteiger partial charge in [-0.2, -0.15) is 0 Å². The number of sulfonamides is 1. The van der Waals surface area contributed by atoms with Crippen molar-refractivity contribution in [2.24, 2.45) is 5.14 Å². The second-order valence-corrected chi connectivity index (χ2v) is 8.18. The van der Waals surface area contributed by atoms with Crippen molar-refractivity contribution in [3.63, 3.8) is 0 Å². The minimum atomic E-state index is -3.74. The van der Waals surface area contributed by atoms with E-state index in [1.54, 1.807) is 17.0 Å². The first kappa shape index (κ1) is 20.8. The van der Waals surface area contributed by atoms with Crippen LogP contribution in [0.5, 0.6) is 5.75 Å². The van der Waals surface area contributed by atoms with Crippen molar-refractivity contribution in [3.8, 4) is 5.75 Å². The molecule has 0 radical (unpaired) electrons. The lowest BCUT2D eigenvalue weighted by atomic mass is 10.1. The third-order valence-corrected chi connectivity index (χ3v) is 5.40. The Balaban J connectivity index is 1.43. The molecule has 0 aromatic heterocycles. The number of nitrogens with zero attached hydrogens (tertiary/aromatic N) is 1. The van der Waals surface area contributed by atoms with E-state index in [4.69, 9.17) is 14.6 Å². The van der Waals surface area contributed by atoms with Crippen LogP contribution in [0.15, 0.2) is 53.4 Å². The average Bonchev–Trinajstić information content (AvgIpc) is 3.10. The lowest BCUT2D eigenvalue weighted by Gasteiger charge is -2.15. The molecule has 1 amide bonds. The van der Waals surface area contributed by atoms with E-state index in [0.717, 1.165) is 18.5 Å². The number of nitrogens with two attached hydrogens (primary N) is 1. The van der Waals surface area contributed by atoms with Crippen molar-refractivity contribution < 1.29 is 27.5 Å². The summed E-state index contributed by atoms with van der Waals surface area (Å²) in [5, 5.41) is 5.03. The highest BCUT2D eigenvalue weighted by molar-refractivity contribution is 7.89. The first-order valence-corrected chi connectivity index (χ1v) is 10.7. The van der Waals surface area contributed by atoms with E-state index in [2.05, 4.69) is 0 Å². The smallest absolute Gasteiger partial charge is 0.338 e. The SMILES string of the molecule is NS(=O)(=O)c1ccc(OCCOC(=O)c2ccc(CN3CCCC3=O)cc2)cc1. The monoisotopic (exact) mass is 418 g/mol. The molecule has 3 rings (SSSR count). The van der Waals surface area contributed by atoms with Gasteiger partial charge < -0.3 is 14.4 Å². The number of hydrogen-bond donors (Lipinski definition) is 1. The second-order valence-electron chi connectivity index (χ2n) is 6.62. The van der Waals surface area contributed by atoms with E-state index < -0.39 is 16.0 Å². The van der Waals surface area contributed by atoms with Crippen molar-refractivity contribution >= 4 is 21.9 Å². The third-order valence-electron chi connectivity index (χ3n) is 4.47. The predicted molar refractivity (Wildman–Crippen MR) is 105 cm³/mol. The Kier molecular flexibility index (Phi) is 6.50. The number of amides is 1. The summed E-state index contributed by atoms with van der Waals surface area (Å²) in [7, 11) is -3.74. The summed E-state index contributed by atoms with van der Waals surface area (Å²) < 4.78 is 33.0. The molecule has 0 aliphatic carbocycles. The van der Waals surface area contributed by atoms with Gasteiger partial charge in [-0.25, -0.2) is 18.4 Å². The fraction of sp³-hybridized carbons (Fsp3) is 0.300. The Morgan fingerprint density at radius 2 is 1.72 bits per heavy atom. The van der Waals surface area contributed by atoms with Gasteiger partial charge in [-0.3, -0.25) is 4.79 Å². The summed E-state index contributed by atoms with van der Waals surface area (Å²) in [5.74, 6) is 0.129. The number of ether oxygens (including phenoxy) is 2. The molecule has 29 heavy (non-hydrogen) atoms. The molecular weight excluding hydrogens is 396 g/mol. The number of primary sulfonamides is 1. The van der Waals surface area contributed by atoms with Gasteiger partial charge in [0.05, 0.1) is 10.5 Å². The van der Waals surface area contributed by atoms with Crippen LogP contribution in [0.2, 0.25) is 0 Å². The number of hydrogen-bond acceptors (Lipinski definition) is 6. The van der Waals surface area contributed by atoms with Crippen LogP contribution in [0.1, 0.15) is 28.8 Å². The number of esters is 1. The van der Waals surface area contributed by atoms with E-state index >= 15 is 0 Å². The lowest BCUT2D eigenvalue weighted by Crippen LogP contribution is -2.23. The predicted octanol–water partition coefficient (Wildman–Crippen LogP) is 1.69. The maximum Gasteiger partial charge on any atom is 0.338 e. The Bertz CT molecular complexity index is 971. The van der Waals surface area contributed by atoms with Crippen LogP contribution >= 0.6 is 0 Å². The van der Waals surface area contributed by atoms with Crippen molar-refractivity contribution in [1.29, 1.82) is 0 Å². The molecule has 0 spiro atoms. The van der Waals surface area contributed by atoms with Gasteiger partial charge in [0, 0.05) is 19.5 Å². The molecule has 2 aromatic carbocycles. The molecule has 0 atom stereocenters. The van der Waals surface area contributed by atoms with E-state index in [0.29, 0.717) is 24.3 Å². The first-order valence-electron chi connectivity index (χ1n) is 9.12. The Morgan fingerprint density at radius 3 is 2.31 bits per heavy atom. The quantitative estimate of drug-likeness (QED) is 0.515. The highest BCUT2D eigenvalue weighted by Gasteiger charge is 2.20. The number of likely N-dealkylation sites (tertiary alicyclic amines) is 1. The van der Waals surface area contributed by atoms with Crippen molar-refractivity contribution in [3.05, 3.63) is 59.7 Å². The molecular formula is C20H22N2O6S.